The molecular formula is C10H20O2. The van der Waals surface area contributed by atoms with Crippen LogP contribution in [0.5, 0.6) is 0 Å². The predicted octanol–water partition coefficient (Wildman–Crippen LogP) is 2.58. The van der Waals surface area contributed by atoms with Crippen molar-refractivity contribution in [2.45, 2.75) is 45.8 Å². The summed E-state index contributed by atoms with van der Waals surface area (Å²) in [4.78, 5) is 0. The molecule has 0 bridgehead atoms. The van der Waals surface area contributed by atoms with Crippen molar-refractivity contribution in [1.29, 1.82) is 0 Å². The molecule has 0 aromatic carbocycles. The summed E-state index contributed by atoms with van der Waals surface area (Å²) >= 11 is 0. The first-order valence-corrected chi connectivity index (χ1v) is 5.12. The SMILES string of the molecule is CC.CCC1CC2(C1)OCCO2. The molecule has 0 radical (unpaired) electrons. The van der Waals surface area contributed by atoms with Crippen molar-refractivity contribution < 1.29 is 9.47 Å². The second-order valence-corrected chi connectivity index (χ2v) is 3.29. The van der Waals surface area contributed by atoms with Crippen LogP contribution in [0.25, 0.3) is 0 Å². The van der Waals surface area contributed by atoms with E-state index in [1.807, 2.05) is 13.8 Å². The zero-order valence-electron chi connectivity index (χ0n) is 8.43. The number of ether oxygens (including phenoxy) is 2. The molecule has 1 heterocycles. The molecule has 1 saturated heterocycles. The third-order valence-electron chi connectivity index (χ3n) is 2.59. The van der Waals surface area contributed by atoms with Gasteiger partial charge in [0.1, 0.15) is 0 Å². The van der Waals surface area contributed by atoms with Crippen molar-refractivity contribution in [2.75, 3.05) is 13.2 Å². The van der Waals surface area contributed by atoms with Crippen molar-refractivity contribution in [3.05, 3.63) is 0 Å². The average Bonchev–Trinajstić information content (AvgIpc) is 2.53. The maximum Gasteiger partial charge on any atom is 0.169 e. The first kappa shape index (κ1) is 10.0. The Kier molecular flexibility index (Phi) is 3.53. The lowest BCUT2D eigenvalue weighted by Gasteiger charge is -2.42. The van der Waals surface area contributed by atoms with E-state index in [4.69, 9.17) is 9.47 Å². The third kappa shape index (κ3) is 1.80. The van der Waals surface area contributed by atoms with Gasteiger partial charge in [-0.25, -0.2) is 0 Å². The second kappa shape index (κ2) is 4.24. The van der Waals surface area contributed by atoms with Crippen LogP contribution in [0.4, 0.5) is 0 Å². The topological polar surface area (TPSA) is 18.5 Å². The van der Waals surface area contributed by atoms with E-state index in [1.165, 1.54) is 6.42 Å². The Bertz CT molecular complexity index is 120. The van der Waals surface area contributed by atoms with E-state index >= 15 is 0 Å². The minimum atomic E-state index is -0.110. The van der Waals surface area contributed by atoms with Gasteiger partial charge in [-0.2, -0.15) is 0 Å². The van der Waals surface area contributed by atoms with Gasteiger partial charge in [-0.1, -0.05) is 27.2 Å². The molecule has 0 N–H and O–H groups in total. The van der Waals surface area contributed by atoms with Crippen LogP contribution in [-0.4, -0.2) is 19.0 Å². The molecule has 2 aliphatic rings. The zero-order chi connectivity index (χ0) is 9.03. The molecule has 12 heavy (non-hydrogen) atoms. The smallest absolute Gasteiger partial charge is 0.169 e. The maximum atomic E-state index is 5.49. The molecule has 2 nitrogen and oxygen atoms in total. The molecular weight excluding hydrogens is 152 g/mol. The Labute approximate surface area is 75.2 Å². The van der Waals surface area contributed by atoms with E-state index in [0.29, 0.717) is 0 Å². The molecule has 1 aliphatic carbocycles. The van der Waals surface area contributed by atoms with Crippen molar-refractivity contribution >= 4 is 0 Å². The summed E-state index contributed by atoms with van der Waals surface area (Å²) in [5.74, 6) is 0.749. The molecule has 1 aliphatic heterocycles. The van der Waals surface area contributed by atoms with Gasteiger partial charge < -0.3 is 9.47 Å². The predicted molar refractivity (Wildman–Crippen MR) is 49.0 cm³/mol. The molecule has 0 aromatic rings. The number of hydrogen-bond acceptors (Lipinski definition) is 2. The highest BCUT2D eigenvalue weighted by atomic mass is 16.7. The molecule has 2 heteroatoms. The van der Waals surface area contributed by atoms with Gasteiger partial charge in [-0.05, 0) is 5.92 Å². The second-order valence-electron chi connectivity index (χ2n) is 3.29. The summed E-state index contributed by atoms with van der Waals surface area (Å²) in [7, 11) is 0. The van der Waals surface area contributed by atoms with Crippen molar-refractivity contribution in [3.8, 4) is 0 Å². The fourth-order valence-electron chi connectivity index (χ4n) is 1.84. The average molecular weight is 172 g/mol. The number of rotatable bonds is 1. The zero-order valence-corrected chi connectivity index (χ0v) is 8.43. The highest BCUT2D eigenvalue weighted by Gasteiger charge is 2.47. The fraction of sp³-hybridized carbons (Fsp3) is 1.00. The summed E-state index contributed by atoms with van der Waals surface area (Å²) in [5, 5.41) is 0. The molecule has 1 spiro atoms. The molecule has 2 fully saturated rings. The summed E-state index contributed by atoms with van der Waals surface area (Å²) in [6, 6.07) is 0. The van der Waals surface area contributed by atoms with Gasteiger partial charge in [0, 0.05) is 12.8 Å². The summed E-state index contributed by atoms with van der Waals surface area (Å²) < 4.78 is 11.0. The quantitative estimate of drug-likeness (QED) is 0.605. The maximum absolute atomic E-state index is 5.49. The fourth-order valence-corrected chi connectivity index (χ4v) is 1.84. The largest absolute Gasteiger partial charge is 0.348 e. The van der Waals surface area contributed by atoms with Gasteiger partial charge in [0.15, 0.2) is 5.79 Å². The van der Waals surface area contributed by atoms with Crippen LogP contribution in [0.1, 0.15) is 40.0 Å². The van der Waals surface area contributed by atoms with Crippen LogP contribution in [0, 0.1) is 5.92 Å². The molecule has 0 amide bonds. The Morgan fingerprint density at radius 3 is 2.08 bits per heavy atom. The van der Waals surface area contributed by atoms with E-state index in [1.54, 1.807) is 0 Å². The van der Waals surface area contributed by atoms with Crippen LogP contribution in [0.15, 0.2) is 0 Å². The van der Waals surface area contributed by atoms with E-state index in [9.17, 15) is 0 Å². The normalized spacial score (nSPS) is 26.2. The van der Waals surface area contributed by atoms with Gasteiger partial charge in [0.25, 0.3) is 0 Å². The van der Waals surface area contributed by atoms with E-state index < -0.39 is 0 Å². The molecule has 1 saturated carbocycles. The first-order chi connectivity index (χ1) is 5.85. The van der Waals surface area contributed by atoms with E-state index in [-0.39, 0.29) is 5.79 Å². The van der Waals surface area contributed by atoms with Crippen molar-refractivity contribution in [2.24, 2.45) is 5.92 Å². The summed E-state index contributed by atoms with van der Waals surface area (Å²) in [6.07, 6.45) is 3.53. The molecule has 2 rings (SSSR count). The number of hydrogen-bond donors (Lipinski definition) is 0. The summed E-state index contributed by atoms with van der Waals surface area (Å²) in [5.41, 5.74) is 0. The standard InChI is InChI=1S/C8H14O2.C2H6/c1-2-7-5-8(6-7)9-3-4-10-8;1-2/h7H,2-6H2,1H3;1-2H3. The molecule has 72 valence electrons. The lowest BCUT2D eigenvalue weighted by Crippen LogP contribution is -2.44. The monoisotopic (exact) mass is 172 g/mol. The van der Waals surface area contributed by atoms with Crippen molar-refractivity contribution in [1.82, 2.24) is 0 Å². The van der Waals surface area contributed by atoms with Crippen LogP contribution in [0.2, 0.25) is 0 Å². The minimum absolute atomic E-state index is 0.110. The van der Waals surface area contributed by atoms with Gasteiger partial charge in [0.05, 0.1) is 13.2 Å². The van der Waals surface area contributed by atoms with Gasteiger partial charge in [-0.3, -0.25) is 0 Å². The summed E-state index contributed by atoms with van der Waals surface area (Å²) in [6.45, 7) is 7.83. The van der Waals surface area contributed by atoms with Crippen LogP contribution in [-0.2, 0) is 9.47 Å². The Balaban J connectivity index is 0.000000336. The van der Waals surface area contributed by atoms with Gasteiger partial charge >= 0.3 is 0 Å². The van der Waals surface area contributed by atoms with Gasteiger partial charge in [-0.15, -0.1) is 0 Å². The lowest BCUT2D eigenvalue weighted by atomic mass is 9.77. The highest BCUT2D eigenvalue weighted by molar-refractivity contribution is 4.89. The third-order valence-corrected chi connectivity index (χ3v) is 2.59. The minimum Gasteiger partial charge on any atom is -0.348 e. The highest BCUT2D eigenvalue weighted by Crippen LogP contribution is 2.45. The van der Waals surface area contributed by atoms with Crippen LogP contribution in [0.3, 0.4) is 0 Å². The van der Waals surface area contributed by atoms with E-state index in [2.05, 4.69) is 6.92 Å². The Morgan fingerprint density at radius 2 is 1.67 bits per heavy atom. The Morgan fingerprint density at radius 1 is 1.17 bits per heavy atom. The van der Waals surface area contributed by atoms with Crippen LogP contribution >= 0.6 is 0 Å². The molecule has 0 atom stereocenters. The molecule has 0 aromatic heterocycles. The van der Waals surface area contributed by atoms with Gasteiger partial charge in [0.2, 0.25) is 0 Å². The Hall–Kier alpha value is -0.0800. The van der Waals surface area contributed by atoms with E-state index in [0.717, 1.165) is 32.0 Å². The lowest BCUT2D eigenvalue weighted by molar-refractivity contribution is -0.230. The first-order valence-electron chi connectivity index (χ1n) is 5.12. The molecule has 0 unspecified atom stereocenters. The van der Waals surface area contributed by atoms with Crippen LogP contribution < -0.4 is 0 Å². The van der Waals surface area contributed by atoms with Crippen molar-refractivity contribution in [3.63, 3.8) is 0 Å².